The van der Waals surface area contributed by atoms with Crippen LogP contribution in [-0.4, -0.2) is 18.0 Å². The van der Waals surface area contributed by atoms with E-state index in [4.69, 9.17) is 5.73 Å². The molecule has 0 fully saturated rings. The molecule has 1 unspecified atom stereocenters. The molecule has 0 aliphatic rings. The maximum absolute atomic E-state index is 6.08. The summed E-state index contributed by atoms with van der Waals surface area (Å²) in [5.74, 6) is 0. The average molecular weight is 288 g/mol. The minimum atomic E-state index is 0.310. The highest BCUT2D eigenvalue weighted by Crippen LogP contribution is 2.30. The standard InChI is InChI=1S/C17H24N2S/c1-4-19(12-15-8-6-5-7-9-15)17(11-18)16-10-13(2)20-14(16)3/h5-10,17H,4,11-12,18H2,1-3H3. The summed E-state index contributed by atoms with van der Waals surface area (Å²) in [6, 6.07) is 13.2. The lowest BCUT2D eigenvalue weighted by molar-refractivity contribution is 0.203. The third-order valence-corrected chi connectivity index (χ3v) is 4.72. The summed E-state index contributed by atoms with van der Waals surface area (Å²) in [6.07, 6.45) is 0. The zero-order valence-electron chi connectivity index (χ0n) is 12.6. The SMILES string of the molecule is CCN(Cc1ccccc1)C(CN)c1cc(C)sc1C. The van der Waals surface area contributed by atoms with Crippen molar-refractivity contribution >= 4 is 11.3 Å². The van der Waals surface area contributed by atoms with Gasteiger partial charge in [0.15, 0.2) is 0 Å². The minimum Gasteiger partial charge on any atom is -0.329 e. The summed E-state index contributed by atoms with van der Waals surface area (Å²) in [7, 11) is 0. The Morgan fingerprint density at radius 3 is 2.40 bits per heavy atom. The first-order valence-corrected chi connectivity index (χ1v) is 8.02. The van der Waals surface area contributed by atoms with Crippen LogP contribution in [0, 0.1) is 13.8 Å². The minimum absolute atomic E-state index is 0.310. The average Bonchev–Trinajstić information content (AvgIpc) is 2.78. The Morgan fingerprint density at radius 2 is 1.90 bits per heavy atom. The highest BCUT2D eigenvalue weighted by molar-refractivity contribution is 7.12. The van der Waals surface area contributed by atoms with Gasteiger partial charge in [-0.1, -0.05) is 37.3 Å². The fourth-order valence-electron chi connectivity index (χ4n) is 2.71. The van der Waals surface area contributed by atoms with E-state index in [0.29, 0.717) is 12.6 Å². The largest absolute Gasteiger partial charge is 0.329 e. The third-order valence-electron chi connectivity index (χ3n) is 3.74. The zero-order chi connectivity index (χ0) is 14.5. The molecule has 3 heteroatoms. The van der Waals surface area contributed by atoms with Crippen molar-refractivity contribution in [2.45, 2.75) is 33.4 Å². The van der Waals surface area contributed by atoms with Crippen molar-refractivity contribution in [1.29, 1.82) is 0 Å². The van der Waals surface area contributed by atoms with Gasteiger partial charge in [-0.3, -0.25) is 4.90 Å². The van der Waals surface area contributed by atoms with Gasteiger partial charge in [0.25, 0.3) is 0 Å². The number of likely N-dealkylation sites (N-methyl/N-ethyl adjacent to an activating group) is 1. The molecule has 0 saturated heterocycles. The van der Waals surface area contributed by atoms with Gasteiger partial charge in [-0.15, -0.1) is 11.3 Å². The maximum atomic E-state index is 6.08. The molecule has 0 spiro atoms. The van der Waals surface area contributed by atoms with Gasteiger partial charge < -0.3 is 5.73 Å². The lowest BCUT2D eigenvalue weighted by Gasteiger charge is -2.30. The van der Waals surface area contributed by atoms with Crippen LogP contribution in [0.4, 0.5) is 0 Å². The molecule has 2 N–H and O–H groups in total. The van der Waals surface area contributed by atoms with Crippen molar-refractivity contribution in [2.24, 2.45) is 5.73 Å². The van der Waals surface area contributed by atoms with E-state index in [2.05, 4.69) is 62.1 Å². The van der Waals surface area contributed by atoms with E-state index in [1.165, 1.54) is 20.9 Å². The Hall–Kier alpha value is -1.16. The second-order valence-electron chi connectivity index (χ2n) is 5.17. The normalized spacial score (nSPS) is 12.8. The highest BCUT2D eigenvalue weighted by Gasteiger charge is 2.21. The van der Waals surface area contributed by atoms with E-state index in [0.717, 1.165) is 13.1 Å². The molecule has 1 aromatic heterocycles. The molecule has 1 heterocycles. The summed E-state index contributed by atoms with van der Waals surface area (Å²) in [5.41, 5.74) is 8.82. The molecule has 0 aliphatic carbocycles. The van der Waals surface area contributed by atoms with Crippen LogP contribution in [0.3, 0.4) is 0 Å². The number of nitrogens with zero attached hydrogens (tertiary/aromatic N) is 1. The molecule has 108 valence electrons. The fraction of sp³-hybridized carbons (Fsp3) is 0.412. The van der Waals surface area contributed by atoms with Gasteiger partial charge in [-0.2, -0.15) is 0 Å². The van der Waals surface area contributed by atoms with E-state index >= 15 is 0 Å². The van der Waals surface area contributed by atoms with E-state index in [1.54, 1.807) is 0 Å². The summed E-state index contributed by atoms with van der Waals surface area (Å²) in [4.78, 5) is 5.22. The smallest absolute Gasteiger partial charge is 0.0484 e. The number of aryl methyl sites for hydroxylation is 2. The van der Waals surface area contributed by atoms with Gasteiger partial charge in [0, 0.05) is 28.9 Å². The molecule has 2 rings (SSSR count). The van der Waals surface area contributed by atoms with Crippen LogP contribution in [0.15, 0.2) is 36.4 Å². The number of hydrogen-bond donors (Lipinski definition) is 1. The Bertz CT molecular complexity index is 533. The summed E-state index contributed by atoms with van der Waals surface area (Å²) in [5, 5.41) is 0. The van der Waals surface area contributed by atoms with Gasteiger partial charge in [-0.25, -0.2) is 0 Å². The molecule has 0 aliphatic heterocycles. The zero-order valence-corrected chi connectivity index (χ0v) is 13.4. The van der Waals surface area contributed by atoms with Crippen LogP contribution in [0.2, 0.25) is 0 Å². The predicted molar refractivity (Wildman–Crippen MR) is 88.1 cm³/mol. The molecule has 0 amide bonds. The first kappa shape index (κ1) is 15.2. The lowest BCUT2D eigenvalue weighted by atomic mass is 10.0. The monoisotopic (exact) mass is 288 g/mol. The third kappa shape index (κ3) is 3.48. The number of rotatable bonds is 6. The van der Waals surface area contributed by atoms with Crippen molar-refractivity contribution < 1.29 is 0 Å². The predicted octanol–water partition coefficient (Wildman–Crippen LogP) is 3.89. The summed E-state index contributed by atoms with van der Waals surface area (Å²) >= 11 is 1.86. The van der Waals surface area contributed by atoms with Crippen LogP contribution >= 0.6 is 11.3 Å². The second kappa shape index (κ2) is 7.02. The molecule has 0 bridgehead atoms. The van der Waals surface area contributed by atoms with Gasteiger partial charge in [0.1, 0.15) is 0 Å². The van der Waals surface area contributed by atoms with Crippen LogP contribution in [0.1, 0.15) is 33.8 Å². The number of benzene rings is 1. The van der Waals surface area contributed by atoms with Gasteiger partial charge in [0.2, 0.25) is 0 Å². The molecule has 20 heavy (non-hydrogen) atoms. The van der Waals surface area contributed by atoms with Crippen molar-refractivity contribution in [1.82, 2.24) is 4.90 Å². The molecular formula is C17H24N2S. The molecule has 1 aromatic carbocycles. The van der Waals surface area contributed by atoms with E-state index < -0.39 is 0 Å². The molecular weight excluding hydrogens is 264 g/mol. The van der Waals surface area contributed by atoms with E-state index in [9.17, 15) is 0 Å². The lowest BCUT2D eigenvalue weighted by Crippen LogP contribution is -2.33. The number of nitrogens with two attached hydrogens (primary N) is 1. The number of thiophene rings is 1. The van der Waals surface area contributed by atoms with Gasteiger partial charge in [-0.05, 0) is 37.6 Å². The summed E-state index contributed by atoms with van der Waals surface area (Å²) < 4.78 is 0. The first-order chi connectivity index (χ1) is 9.65. The Balaban J connectivity index is 2.22. The number of hydrogen-bond acceptors (Lipinski definition) is 3. The van der Waals surface area contributed by atoms with Crippen molar-refractivity contribution in [3.8, 4) is 0 Å². The van der Waals surface area contributed by atoms with E-state index in [-0.39, 0.29) is 0 Å². The second-order valence-corrected chi connectivity index (χ2v) is 6.63. The maximum Gasteiger partial charge on any atom is 0.0484 e. The van der Waals surface area contributed by atoms with Crippen LogP contribution in [-0.2, 0) is 6.54 Å². The van der Waals surface area contributed by atoms with Crippen molar-refractivity contribution in [2.75, 3.05) is 13.1 Å². The van der Waals surface area contributed by atoms with Gasteiger partial charge >= 0.3 is 0 Å². The van der Waals surface area contributed by atoms with Crippen LogP contribution < -0.4 is 5.73 Å². The molecule has 2 nitrogen and oxygen atoms in total. The first-order valence-electron chi connectivity index (χ1n) is 7.20. The van der Waals surface area contributed by atoms with E-state index in [1.807, 2.05) is 11.3 Å². The topological polar surface area (TPSA) is 29.3 Å². The Labute approximate surface area is 126 Å². The van der Waals surface area contributed by atoms with Gasteiger partial charge in [0.05, 0.1) is 0 Å². The highest BCUT2D eigenvalue weighted by atomic mass is 32.1. The van der Waals surface area contributed by atoms with Crippen LogP contribution in [0.25, 0.3) is 0 Å². The molecule has 1 atom stereocenters. The Morgan fingerprint density at radius 1 is 1.20 bits per heavy atom. The quantitative estimate of drug-likeness (QED) is 0.874. The van der Waals surface area contributed by atoms with Crippen molar-refractivity contribution in [3.63, 3.8) is 0 Å². The van der Waals surface area contributed by atoms with Crippen LogP contribution in [0.5, 0.6) is 0 Å². The molecule has 0 saturated carbocycles. The molecule has 2 aromatic rings. The molecule has 0 radical (unpaired) electrons. The Kier molecular flexibility index (Phi) is 5.35. The summed E-state index contributed by atoms with van der Waals surface area (Å²) in [6.45, 7) is 9.20. The van der Waals surface area contributed by atoms with Crippen molar-refractivity contribution in [3.05, 3.63) is 57.3 Å². The fourth-order valence-corrected chi connectivity index (χ4v) is 3.70.